The Morgan fingerprint density at radius 2 is 1.90 bits per heavy atom. The number of aromatic nitrogens is 2. The van der Waals surface area contributed by atoms with Crippen molar-refractivity contribution >= 4 is 23.2 Å². The highest BCUT2D eigenvalue weighted by Crippen LogP contribution is 2.41. The predicted octanol–water partition coefficient (Wildman–Crippen LogP) is 3.05. The molecule has 0 spiro atoms. The summed E-state index contributed by atoms with van der Waals surface area (Å²) in [5.41, 5.74) is 10.7. The summed E-state index contributed by atoms with van der Waals surface area (Å²) in [5.74, 6) is -0.656. The fourth-order valence-electron chi connectivity index (χ4n) is 4.60. The van der Waals surface area contributed by atoms with E-state index in [-0.39, 0.29) is 11.8 Å². The number of nitrogens with two attached hydrogens (primary N) is 1. The molecule has 1 aromatic carbocycles. The lowest BCUT2D eigenvalue weighted by Crippen LogP contribution is -2.28. The van der Waals surface area contributed by atoms with Gasteiger partial charge in [-0.15, -0.1) is 0 Å². The summed E-state index contributed by atoms with van der Waals surface area (Å²) < 4.78 is 2.06. The second-order valence-electron chi connectivity index (χ2n) is 7.83. The van der Waals surface area contributed by atoms with Gasteiger partial charge >= 0.3 is 0 Å². The van der Waals surface area contributed by atoms with Gasteiger partial charge in [-0.2, -0.15) is 0 Å². The Morgan fingerprint density at radius 1 is 1.13 bits per heavy atom. The molecule has 1 fully saturated rings. The number of hydrogen-bond donors (Lipinski definition) is 2. The average Bonchev–Trinajstić information content (AvgIpc) is 3.45. The van der Waals surface area contributed by atoms with Crippen LogP contribution in [-0.4, -0.2) is 34.5 Å². The van der Waals surface area contributed by atoms with Crippen molar-refractivity contribution in [3.05, 3.63) is 71.8 Å². The largest absolute Gasteiger partial charge is 0.371 e. The van der Waals surface area contributed by atoms with Crippen molar-refractivity contribution in [1.29, 1.82) is 0 Å². The van der Waals surface area contributed by atoms with Gasteiger partial charge in [-0.3, -0.25) is 14.6 Å². The van der Waals surface area contributed by atoms with Crippen molar-refractivity contribution in [1.82, 2.24) is 9.55 Å². The molecule has 3 aromatic rings. The summed E-state index contributed by atoms with van der Waals surface area (Å²) in [7, 11) is 0. The lowest BCUT2D eigenvalue weighted by molar-refractivity contribution is -0.116. The van der Waals surface area contributed by atoms with E-state index in [4.69, 9.17) is 5.73 Å². The van der Waals surface area contributed by atoms with Crippen LogP contribution in [-0.2, 0) is 4.79 Å². The summed E-state index contributed by atoms with van der Waals surface area (Å²) in [6.07, 6.45) is 7.95. The van der Waals surface area contributed by atoms with E-state index < -0.39 is 5.91 Å². The summed E-state index contributed by atoms with van der Waals surface area (Å²) in [6.45, 7) is 1.78. The first-order valence-electron chi connectivity index (χ1n) is 10.2. The van der Waals surface area contributed by atoms with Gasteiger partial charge in [0.2, 0.25) is 5.91 Å². The van der Waals surface area contributed by atoms with Crippen LogP contribution in [0.4, 0.5) is 11.4 Å². The monoisotopic (exact) mass is 401 g/mol. The van der Waals surface area contributed by atoms with Gasteiger partial charge in [0.15, 0.2) is 0 Å². The molecular weight excluding hydrogens is 378 g/mol. The van der Waals surface area contributed by atoms with Crippen molar-refractivity contribution in [3.63, 3.8) is 0 Å². The molecule has 2 aliphatic rings. The first-order valence-corrected chi connectivity index (χ1v) is 10.2. The highest BCUT2D eigenvalue weighted by Gasteiger charge is 2.31. The Kier molecular flexibility index (Phi) is 4.50. The Morgan fingerprint density at radius 3 is 2.63 bits per heavy atom. The number of pyridine rings is 1. The molecule has 0 bridgehead atoms. The fourth-order valence-corrected chi connectivity index (χ4v) is 4.60. The zero-order chi connectivity index (χ0) is 20.7. The number of carbonyl (C=O) groups excluding carboxylic acids is 2. The van der Waals surface area contributed by atoms with E-state index in [0.29, 0.717) is 12.0 Å². The van der Waals surface area contributed by atoms with E-state index in [1.165, 1.54) is 0 Å². The zero-order valence-corrected chi connectivity index (χ0v) is 16.5. The third-order valence-corrected chi connectivity index (χ3v) is 6.00. The van der Waals surface area contributed by atoms with E-state index in [1.54, 1.807) is 12.4 Å². The second-order valence-corrected chi connectivity index (χ2v) is 7.83. The van der Waals surface area contributed by atoms with Gasteiger partial charge in [0.05, 0.1) is 11.3 Å². The van der Waals surface area contributed by atoms with Crippen molar-refractivity contribution in [2.24, 2.45) is 5.73 Å². The number of hydrogen-bond acceptors (Lipinski definition) is 4. The molecule has 2 amide bonds. The number of nitrogens with one attached hydrogen (secondary N) is 1. The van der Waals surface area contributed by atoms with Crippen LogP contribution < -0.4 is 16.0 Å². The number of nitrogens with zero attached hydrogens (tertiary/aromatic N) is 3. The van der Waals surface area contributed by atoms with Crippen molar-refractivity contribution in [2.75, 3.05) is 23.3 Å². The van der Waals surface area contributed by atoms with Crippen molar-refractivity contribution in [2.45, 2.75) is 25.2 Å². The van der Waals surface area contributed by atoms with E-state index in [0.717, 1.165) is 54.3 Å². The molecule has 0 saturated carbocycles. The highest BCUT2D eigenvalue weighted by molar-refractivity contribution is 6.03. The first kappa shape index (κ1) is 18.4. The number of amides is 2. The minimum atomic E-state index is -0.445. The highest BCUT2D eigenvalue weighted by atomic mass is 16.2. The second kappa shape index (κ2) is 7.33. The Bertz CT molecular complexity index is 1120. The van der Waals surface area contributed by atoms with Crippen LogP contribution in [0.15, 0.2) is 55.0 Å². The molecule has 2 aliphatic heterocycles. The lowest BCUT2D eigenvalue weighted by Gasteiger charge is -2.30. The van der Waals surface area contributed by atoms with Crippen LogP contribution in [0, 0.1) is 0 Å². The third kappa shape index (κ3) is 3.12. The SMILES string of the molecule is NC(=O)c1cc2c(cc1N1CCCC1)NC(=O)CC2c1cccn1-c1ccncc1. The molecule has 4 heterocycles. The summed E-state index contributed by atoms with van der Waals surface area (Å²) in [5, 5.41) is 3.00. The number of fused-ring (bicyclic) bond motifs is 1. The lowest BCUT2D eigenvalue weighted by atomic mass is 9.86. The van der Waals surface area contributed by atoms with Gasteiger partial charge in [0.25, 0.3) is 5.91 Å². The number of carbonyl (C=O) groups is 2. The zero-order valence-electron chi connectivity index (χ0n) is 16.5. The molecule has 152 valence electrons. The van der Waals surface area contributed by atoms with Gasteiger partial charge in [-0.25, -0.2) is 0 Å². The Labute approximate surface area is 174 Å². The predicted molar refractivity (Wildman–Crippen MR) is 115 cm³/mol. The van der Waals surface area contributed by atoms with Crippen molar-refractivity contribution < 1.29 is 9.59 Å². The fraction of sp³-hybridized carbons (Fsp3) is 0.261. The number of anilines is 2. The third-order valence-electron chi connectivity index (χ3n) is 6.00. The molecule has 5 rings (SSSR count). The molecular formula is C23H23N5O2. The number of benzene rings is 1. The molecule has 0 radical (unpaired) electrons. The maximum Gasteiger partial charge on any atom is 0.250 e. The minimum absolute atomic E-state index is 0.0332. The number of rotatable bonds is 4. The summed E-state index contributed by atoms with van der Waals surface area (Å²) in [4.78, 5) is 31.2. The van der Waals surface area contributed by atoms with Gasteiger partial charge in [-0.05, 0) is 54.8 Å². The van der Waals surface area contributed by atoms with Gasteiger partial charge in [-0.1, -0.05) is 0 Å². The van der Waals surface area contributed by atoms with Crippen molar-refractivity contribution in [3.8, 4) is 5.69 Å². The quantitative estimate of drug-likeness (QED) is 0.703. The minimum Gasteiger partial charge on any atom is -0.371 e. The Hall–Kier alpha value is -3.61. The molecule has 1 atom stereocenters. The summed E-state index contributed by atoms with van der Waals surface area (Å²) >= 11 is 0. The maximum atomic E-state index is 12.6. The molecule has 0 aliphatic carbocycles. The van der Waals surface area contributed by atoms with Crippen LogP contribution >= 0.6 is 0 Å². The molecule has 7 heteroatoms. The van der Waals surface area contributed by atoms with Gasteiger partial charge in [0, 0.05) is 61.1 Å². The van der Waals surface area contributed by atoms with E-state index in [2.05, 4.69) is 19.8 Å². The first-order chi connectivity index (χ1) is 14.6. The van der Waals surface area contributed by atoms with E-state index >= 15 is 0 Å². The van der Waals surface area contributed by atoms with E-state index in [1.807, 2.05) is 42.6 Å². The molecule has 30 heavy (non-hydrogen) atoms. The maximum absolute atomic E-state index is 12.6. The van der Waals surface area contributed by atoms with Crippen LogP contribution in [0.2, 0.25) is 0 Å². The molecule has 3 N–H and O–H groups in total. The van der Waals surface area contributed by atoms with Crippen LogP contribution in [0.1, 0.15) is 46.8 Å². The van der Waals surface area contributed by atoms with E-state index in [9.17, 15) is 9.59 Å². The molecule has 1 saturated heterocycles. The molecule has 2 aromatic heterocycles. The molecule has 7 nitrogen and oxygen atoms in total. The number of primary amides is 1. The Balaban J connectivity index is 1.64. The summed E-state index contributed by atoms with van der Waals surface area (Å²) in [6, 6.07) is 11.6. The van der Waals surface area contributed by atoms with Crippen LogP contribution in [0.25, 0.3) is 5.69 Å². The van der Waals surface area contributed by atoms with Crippen LogP contribution in [0.3, 0.4) is 0 Å². The van der Waals surface area contributed by atoms with Gasteiger partial charge in [0.1, 0.15) is 0 Å². The van der Waals surface area contributed by atoms with Gasteiger partial charge < -0.3 is 20.5 Å². The average molecular weight is 401 g/mol. The van der Waals surface area contributed by atoms with Crippen LogP contribution in [0.5, 0.6) is 0 Å². The topological polar surface area (TPSA) is 93.3 Å². The molecule has 1 unspecified atom stereocenters. The normalized spacial score (nSPS) is 18.2. The smallest absolute Gasteiger partial charge is 0.250 e. The standard InChI is InChI=1S/C23H23N5O2/c24-23(30)18-12-16-17(20-4-3-11-28(20)15-5-7-25-8-6-15)13-22(29)26-19(16)14-21(18)27-9-1-2-10-27/h3-8,11-12,14,17H,1-2,9-10,13H2,(H2,24,30)(H,26,29).